The number of benzene rings is 2. The highest BCUT2D eigenvalue weighted by molar-refractivity contribution is 5.71. The summed E-state index contributed by atoms with van der Waals surface area (Å²) in [7, 11) is 3.13. The lowest BCUT2D eigenvalue weighted by Gasteiger charge is -2.12. The molecule has 0 spiro atoms. The second-order valence-electron chi connectivity index (χ2n) is 6.25. The van der Waals surface area contributed by atoms with Crippen LogP contribution in [0, 0.1) is 6.92 Å². The summed E-state index contributed by atoms with van der Waals surface area (Å²) < 4.78 is 26.8. The predicted octanol–water partition coefficient (Wildman–Crippen LogP) is 3.75. The van der Waals surface area contributed by atoms with E-state index >= 15 is 0 Å². The van der Waals surface area contributed by atoms with Crippen LogP contribution >= 0.6 is 0 Å². The number of esters is 1. The molecule has 152 valence electrons. The van der Waals surface area contributed by atoms with E-state index in [9.17, 15) is 4.79 Å². The average Bonchev–Trinajstić information content (AvgIpc) is 3.23. The van der Waals surface area contributed by atoms with Gasteiger partial charge in [-0.05, 0) is 55.8 Å². The number of aromatic nitrogens is 2. The Labute approximate surface area is 168 Å². The standard InChI is InChI=1S/C21H22N2O6/c1-13-5-10-17(18(11-13)26-4)27-12-19(24)28-14(2)20-22-23-21(29-20)15-6-8-16(25-3)9-7-15/h5-11,14H,12H2,1-4H3/t14-/m1/s1. The van der Waals surface area contributed by atoms with E-state index in [1.807, 2.05) is 19.1 Å². The molecule has 0 aliphatic rings. The number of ether oxygens (including phenoxy) is 4. The Morgan fingerprint density at radius 1 is 1.03 bits per heavy atom. The summed E-state index contributed by atoms with van der Waals surface area (Å²) in [6.45, 7) is 3.31. The zero-order valence-corrected chi connectivity index (χ0v) is 16.7. The number of nitrogens with zero attached hydrogens (tertiary/aromatic N) is 2. The molecule has 8 nitrogen and oxygen atoms in total. The van der Waals surface area contributed by atoms with Crippen molar-refractivity contribution in [3.05, 3.63) is 53.9 Å². The van der Waals surface area contributed by atoms with E-state index in [1.165, 1.54) is 7.11 Å². The van der Waals surface area contributed by atoms with Crippen molar-refractivity contribution in [1.82, 2.24) is 10.2 Å². The summed E-state index contributed by atoms with van der Waals surface area (Å²) in [5.74, 6) is 1.68. The van der Waals surface area contributed by atoms with Gasteiger partial charge in [-0.15, -0.1) is 10.2 Å². The van der Waals surface area contributed by atoms with Crippen LogP contribution in [-0.4, -0.2) is 37.0 Å². The molecule has 1 aromatic heterocycles. The summed E-state index contributed by atoms with van der Waals surface area (Å²) in [6, 6.07) is 12.6. The second-order valence-corrected chi connectivity index (χ2v) is 6.25. The SMILES string of the molecule is COc1ccc(-c2nnc([C@@H](C)OC(=O)COc3ccc(C)cc3OC)o2)cc1. The molecule has 0 saturated heterocycles. The van der Waals surface area contributed by atoms with Crippen molar-refractivity contribution >= 4 is 5.97 Å². The zero-order valence-electron chi connectivity index (χ0n) is 16.7. The molecule has 3 rings (SSSR count). The average molecular weight is 398 g/mol. The van der Waals surface area contributed by atoms with Crippen molar-refractivity contribution < 1.29 is 28.2 Å². The van der Waals surface area contributed by atoms with Crippen LogP contribution < -0.4 is 14.2 Å². The lowest BCUT2D eigenvalue weighted by Crippen LogP contribution is -2.17. The minimum absolute atomic E-state index is 0.192. The first kappa shape index (κ1) is 20.2. The Morgan fingerprint density at radius 2 is 1.79 bits per heavy atom. The van der Waals surface area contributed by atoms with Crippen molar-refractivity contribution in [2.75, 3.05) is 20.8 Å². The quantitative estimate of drug-likeness (QED) is 0.530. The predicted molar refractivity (Wildman–Crippen MR) is 104 cm³/mol. The smallest absolute Gasteiger partial charge is 0.344 e. The van der Waals surface area contributed by atoms with Crippen molar-refractivity contribution in [3.8, 4) is 28.7 Å². The van der Waals surface area contributed by atoms with Crippen LogP contribution in [0.15, 0.2) is 46.9 Å². The minimum Gasteiger partial charge on any atom is -0.497 e. The number of hydrogen-bond donors (Lipinski definition) is 0. The fourth-order valence-corrected chi connectivity index (χ4v) is 2.56. The molecule has 2 aromatic carbocycles. The Bertz CT molecular complexity index is 968. The highest BCUT2D eigenvalue weighted by Crippen LogP contribution is 2.28. The Hall–Kier alpha value is -3.55. The fraction of sp³-hybridized carbons (Fsp3) is 0.286. The van der Waals surface area contributed by atoms with Gasteiger partial charge in [0, 0.05) is 5.56 Å². The van der Waals surface area contributed by atoms with Gasteiger partial charge in [0.15, 0.2) is 24.2 Å². The van der Waals surface area contributed by atoms with E-state index in [0.717, 1.165) is 16.9 Å². The Kier molecular flexibility index (Phi) is 6.33. The lowest BCUT2D eigenvalue weighted by atomic mass is 10.2. The number of hydrogen-bond acceptors (Lipinski definition) is 8. The number of aryl methyl sites for hydroxylation is 1. The molecule has 1 atom stereocenters. The highest BCUT2D eigenvalue weighted by atomic mass is 16.6. The molecule has 0 unspecified atom stereocenters. The summed E-state index contributed by atoms with van der Waals surface area (Å²) in [5.41, 5.74) is 1.76. The van der Waals surface area contributed by atoms with E-state index in [1.54, 1.807) is 44.4 Å². The number of carbonyl (C=O) groups excluding carboxylic acids is 1. The maximum absolute atomic E-state index is 12.1. The Balaban J connectivity index is 1.58. The monoisotopic (exact) mass is 398 g/mol. The van der Waals surface area contributed by atoms with Gasteiger partial charge in [0.25, 0.3) is 5.89 Å². The molecule has 0 amide bonds. The summed E-state index contributed by atoms with van der Waals surface area (Å²) >= 11 is 0. The molecular weight excluding hydrogens is 376 g/mol. The second kappa shape index (κ2) is 9.09. The molecule has 0 N–H and O–H groups in total. The molecule has 0 aliphatic heterocycles. The van der Waals surface area contributed by atoms with Crippen LogP contribution in [0.1, 0.15) is 24.5 Å². The van der Waals surface area contributed by atoms with E-state index in [2.05, 4.69) is 10.2 Å². The number of methoxy groups -OCH3 is 2. The van der Waals surface area contributed by atoms with E-state index in [-0.39, 0.29) is 12.5 Å². The molecule has 8 heteroatoms. The summed E-state index contributed by atoms with van der Waals surface area (Å²) in [6.07, 6.45) is -0.717. The van der Waals surface area contributed by atoms with Crippen LogP contribution in [0.3, 0.4) is 0 Å². The van der Waals surface area contributed by atoms with Gasteiger partial charge in [-0.25, -0.2) is 4.79 Å². The third-order valence-corrected chi connectivity index (χ3v) is 4.10. The highest BCUT2D eigenvalue weighted by Gasteiger charge is 2.20. The minimum atomic E-state index is -0.717. The fourth-order valence-electron chi connectivity index (χ4n) is 2.56. The zero-order chi connectivity index (χ0) is 20.8. The van der Waals surface area contributed by atoms with Gasteiger partial charge in [-0.3, -0.25) is 0 Å². The number of rotatable bonds is 8. The topological polar surface area (TPSA) is 92.9 Å². The maximum atomic E-state index is 12.1. The van der Waals surface area contributed by atoms with Crippen molar-refractivity contribution in [2.45, 2.75) is 20.0 Å². The first-order valence-corrected chi connectivity index (χ1v) is 8.95. The molecule has 3 aromatic rings. The van der Waals surface area contributed by atoms with Gasteiger partial charge < -0.3 is 23.4 Å². The molecule has 1 heterocycles. The van der Waals surface area contributed by atoms with E-state index < -0.39 is 12.1 Å². The van der Waals surface area contributed by atoms with Crippen LogP contribution in [0.25, 0.3) is 11.5 Å². The van der Waals surface area contributed by atoms with Gasteiger partial charge in [0.05, 0.1) is 14.2 Å². The molecule has 0 fully saturated rings. The van der Waals surface area contributed by atoms with E-state index in [0.29, 0.717) is 17.4 Å². The van der Waals surface area contributed by atoms with Gasteiger partial charge >= 0.3 is 5.97 Å². The maximum Gasteiger partial charge on any atom is 0.344 e. The van der Waals surface area contributed by atoms with Gasteiger partial charge in [0.2, 0.25) is 5.89 Å². The third kappa shape index (κ3) is 5.04. The van der Waals surface area contributed by atoms with Crippen LogP contribution in [-0.2, 0) is 9.53 Å². The molecule has 0 saturated carbocycles. The first-order valence-electron chi connectivity index (χ1n) is 8.95. The first-order chi connectivity index (χ1) is 14.0. The van der Waals surface area contributed by atoms with Crippen molar-refractivity contribution in [3.63, 3.8) is 0 Å². The van der Waals surface area contributed by atoms with Crippen molar-refractivity contribution in [1.29, 1.82) is 0 Å². The molecule has 0 bridgehead atoms. The van der Waals surface area contributed by atoms with Gasteiger partial charge in [-0.1, -0.05) is 6.07 Å². The summed E-state index contributed by atoms with van der Waals surface area (Å²) in [4.78, 5) is 12.1. The molecule has 29 heavy (non-hydrogen) atoms. The largest absolute Gasteiger partial charge is 0.497 e. The lowest BCUT2D eigenvalue weighted by molar-refractivity contribution is -0.152. The normalized spacial score (nSPS) is 11.6. The van der Waals surface area contributed by atoms with Crippen LogP contribution in [0.2, 0.25) is 0 Å². The van der Waals surface area contributed by atoms with Crippen LogP contribution in [0.5, 0.6) is 17.2 Å². The molecule has 0 radical (unpaired) electrons. The van der Waals surface area contributed by atoms with Gasteiger partial charge in [0.1, 0.15) is 5.75 Å². The summed E-state index contributed by atoms with van der Waals surface area (Å²) in [5, 5.41) is 7.96. The number of carbonyl (C=O) groups is 1. The molecule has 0 aliphatic carbocycles. The molecular formula is C21H22N2O6. The van der Waals surface area contributed by atoms with Crippen LogP contribution in [0.4, 0.5) is 0 Å². The van der Waals surface area contributed by atoms with E-state index in [4.69, 9.17) is 23.4 Å². The third-order valence-electron chi connectivity index (χ3n) is 4.10. The Morgan fingerprint density at radius 3 is 2.48 bits per heavy atom. The van der Waals surface area contributed by atoms with Crippen molar-refractivity contribution in [2.24, 2.45) is 0 Å². The van der Waals surface area contributed by atoms with Gasteiger partial charge in [-0.2, -0.15) is 0 Å².